The molecule has 0 amide bonds. The van der Waals surface area contributed by atoms with E-state index in [-0.39, 0.29) is 11.1 Å². The van der Waals surface area contributed by atoms with Gasteiger partial charge in [-0.15, -0.1) is 0 Å². The zero-order chi connectivity index (χ0) is 10.8. The second-order valence-electron chi connectivity index (χ2n) is 2.75. The largest absolute Gasteiger partial charge is 0.511 e. The first-order valence-electron chi connectivity index (χ1n) is 4.05. The van der Waals surface area contributed by atoms with Gasteiger partial charge in [0.05, 0.1) is 5.39 Å². The molecule has 15 heavy (non-hydrogen) atoms. The normalized spacial score (nSPS) is 10.1. The van der Waals surface area contributed by atoms with Crippen LogP contribution < -0.4 is 10.2 Å². The molecule has 2 aromatic heterocycles. The summed E-state index contributed by atoms with van der Waals surface area (Å²) in [5.41, 5.74) is -0.112. The third-order valence-electron chi connectivity index (χ3n) is 1.81. The molecule has 0 spiro atoms. The number of nitrogens with zero attached hydrogens (tertiary/aromatic N) is 1. The van der Waals surface area contributed by atoms with E-state index in [0.717, 1.165) is 0 Å². The third-order valence-corrected chi connectivity index (χ3v) is 1.81. The predicted molar refractivity (Wildman–Crippen MR) is 51.0 cm³/mol. The molecule has 0 aliphatic carbocycles. The first-order valence-corrected chi connectivity index (χ1v) is 4.05. The Kier molecular flexibility index (Phi) is 2.09. The van der Waals surface area contributed by atoms with Crippen molar-refractivity contribution in [2.24, 2.45) is 0 Å². The molecule has 0 fully saturated rings. The van der Waals surface area contributed by atoms with E-state index in [0.29, 0.717) is 5.65 Å². The topological polar surface area (TPSA) is 92.3 Å². The van der Waals surface area contributed by atoms with Gasteiger partial charge >= 0.3 is 6.16 Å². The maximum Gasteiger partial charge on any atom is 0.511 e. The van der Waals surface area contributed by atoms with Gasteiger partial charge < -0.3 is 14.8 Å². The fourth-order valence-corrected chi connectivity index (χ4v) is 1.21. The lowest BCUT2D eigenvalue weighted by atomic mass is 10.3. The van der Waals surface area contributed by atoms with Gasteiger partial charge in [-0.25, -0.2) is 9.78 Å². The van der Waals surface area contributed by atoms with Crippen LogP contribution >= 0.6 is 0 Å². The average molecular weight is 206 g/mol. The SMILES string of the molecule is O=C(O)Oc1c[nH]c2ncccc2c1=O. The van der Waals surface area contributed by atoms with Crippen LogP contribution in [0.2, 0.25) is 0 Å². The molecule has 2 aromatic rings. The van der Waals surface area contributed by atoms with Crippen LogP contribution in [0.5, 0.6) is 5.75 Å². The van der Waals surface area contributed by atoms with Gasteiger partial charge in [-0.2, -0.15) is 0 Å². The molecule has 2 rings (SSSR count). The standard InChI is InChI=1S/C9H6N2O4/c12-7-5-2-1-3-10-8(5)11-4-6(7)15-9(13)14/h1-4H,(H,13,14)(H,10,11,12). The minimum absolute atomic E-state index is 0.261. The summed E-state index contributed by atoms with van der Waals surface area (Å²) in [5, 5.41) is 8.66. The predicted octanol–water partition coefficient (Wildman–Crippen LogP) is 0.980. The molecule has 76 valence electrons. The number of ether oxygens (including phenoxy) is 1. The molecule has 6 heteroatoms. The Morgan fingerprint density at radius 2 is 2.33 bits per heavy atom. The number of hydrogen-bond donors (Lipinski definition) is 2. The van der Waals surface area contributed by atoms with Crippen molar-refractivity contribution in [1.29, 1.82) is 0 Å². The van der Waals surface area contributed by atoms with E-state index in [1.54, 1.807) is 6.07 Å². The fourth-order valence-electron chi connectivity index (χ4n) is 1.21. The van der Waals surface area contributed by atoms with Crippen LogP contribution in [-0.4, -0.2) is 21.2 Å². The van der Waals surface area contributed by atoms with Crippen molar-refractivity contribution in [1.82, 2.24) is 9.97 Å². The van der Waals surface area contributed by atoms with Gasteiger partial charge in [0.15, 0.2) is 5.75 Å². The molecular formula is C9H6N2O4. The summed E-state index contributed by atoms with van der Waals surface area (Å²) in [7, 11) is 0. The maximum absolute atomic E-state index is 11.6. The molecule has 2 N–H and O–H groups in total. The van der Waals surface area contributed by atoms with Crippen LogP contribution in [0.25, 0.3) is 11.0 Å². The highest BCUT2D eigenvalue weighted by molar-refractivity contribution is 5.76. The lowest BCUT2D eigenvalue weighted by Crippen LogP contribution is -2.13. The van der Waals surface area contributed by atoms with Crippen LogP contribution in [0.1, 0.15) is 0 Å². The highest BCUT2D eigenvalue weighted by atomic mass is 16.7. The van der Waals surface area contributed by atoms with Gasteiger partial charge in [0, 0.05) is 12.4 Å². The Morgan fingerprint density at radius 1 is 1.53 bits per heavy atom. The number of H-pyrrole nitrogens is 1. The summed E-state index contributed by atoms with van der Waals surface area (Å²) in [4.78, 5) is 28.5. The zero-order valence-corrected chi connectivity index (χ0v) is 7.43. The summed E-state index contributed by atoms with van der Waals surface area (Å²) < 4.78 is 4.30. The lowest BCUT2D eigenvalue weighted by molar-refractivity contribution is 0.144. The molecule has 0 aliphatic heterocycles. The number of carbonyl (C=O) groups is 1. The fraction of sp³-hybridized carbons (Fsp3) is 0. The zero-order valence-electron chi connectivity index (χ0n) is 7.43. The van der Waals surface area contributed by atoms with E-state index in [9.17, 15) is 9.59 Å². The number of fused-ring (bicyclic) bond motifs is 1. The molecule has 2 heterocycles. The van der Waals surface area contributed by atoms with Gasteiger partial charge in [-0.1, -0.05) is 0 Å². The molecule has 0 radical (unpaired) electrons. The number of nitrogens with one attached hydrogen (secondary N) is 1. The molecule has 6 nitrogen and oxygen atoms in total. The van der Waals surface area contributed by atoms with Crippen LogP contribution in [0.15, 0.2) is 29.3 Å². The number of pyridine rings is 2. The summed E-state index contributed by atoms with van der Waals surface area (Å²) in [5.74, 6) is -0.261. The van der Waals surface area contributed by atoms with Crippen molar-refractivity contribution in [3.05, 3.63) is 34.7 Å². The number of aromatic amines is 1. The van der Waals surface area contributed by atoms with Crippen molar-refractivity contribution in [3.63, 3.8) is 0 Å². The van der Waals surface area contributed by atoms with Crippen molar-refractivity contribution < 1.29 is 14.6 Å². The smallest absolute Gasteiger partial charge is 0.449 e. The van der Waals surface area contributed by atoms with E-state index in [1.165, 1.54) is 18.5 Å². The summed E-state index contributed by atoms with van der Waals surface area (Å²) >= 11 is 0. The molecule has 0 bridgehead atoms. The number of carboxylic acid groups (broad SMARTS) is 1. The van der Waals surface area contributed by atoms with Crippen molar-refractivity contribution in [2.75, 3.05) is 0 Å². The molecule has 0 saturated carbocycles. The van der Waals surface area contributed by atoms with E-state index in [1.807, 2.05) is 0 Å². The van der Waals surface area contributed by atoms with Crippen LogP contribution in [0.3, 0.4) is 0 Å². The first-order chi connectivity index (χ1) is 7.18. The van der Waals surface area contributed by atoms with Gasteiger partial charge in [0.1, 0.15) is 5.65 Å². The summed E-state index contributed by atoms with van der Waals surface area (Å²) in [6.07, 6.45) is 1.17. The second kappa shape index (κ2) is 3.41. The molecule has 0 atom stereocenters. The van der Waals surface area contributed by atoms with Crippen LogP contribution in [0.4, 0.5) is 4.79 Å². The second-order valence-corrected chi connectivity index (χ2v) is 2.75. The Morgan fingerprint density at radius 3 is 3.07 bits per heavy atom. The average Bonchev–Trinajstić information content (AvgIpc) is 2.22. The molecule has 0 saturated heterocycles. The van der Waals surface area contributed by atoms with Crippen LogP contribution in [-0.2, 0) is 0 Å². The first kappa shape index (κ1) is 9.20. The minimum Gasteiger partial charge on any atom is -0.449 e. The van der Waals surface area contributed by atoms with Gasteiger partial charge in [0.2, 0.25) is 5.43 Å². The number of hydrogen-bond acceptors (Lipinski definition) is 4. The van der Waals surface area contributed by atoms with Gasteiger partial charge in [-0.3, -0.25) is 4.79 Å². The number of aromatic nitrogens is 2. The third kappa shape index (κ3) is 1.64. The van der Waals surface area contributed by atoms with E-state index in [2.05, 4.69) is 14.7 Å². The highest BCUT2D eigenvalue weighted by Gasteiger charge is 2.09. The summed E-state index contributed by atoms with van der Waals surface area (Å²) in [6.45, 7) is 0. The maximum atomic E-state index is 11.6. The lowest BCUT2D eigenvalue weighted by Gasteiger charge is -2.00. The Labute approximate surface area is 83.1 Å². The van der Waals surface area contributed by atoms with Crippen LogP contribution in [0, 0.1) is 0 Å². The Bertz CT molecular complexity index is 576. The van der Waals surface area contributed by atoms with Crippen molar-refractivity contribution in [2.45, 2.75) is 0 Å². The van der Waals surface area contributed by atoms with E-state index < -0.39 is 11.6 Å². The monoisotopic (exact) mass is 206 g/mol. The summed E-state index contributed by atoms with van der Waals surface area (Å²) in [6, 6.07) is 3.12. The number of rotatable bonds is 1. The Balaban J connectivity index is 2.65. The van der Waals surface area contributed by atoms with Gasteiger partial charge in [-0.05, 0) is 12.1 Å². The van der Waals surface area contributed by atoms with Crippen molar-refractivity contribution in [3.8, 4) is 5.75 Å². The molecule has 0 unspecified atom stereocenters. The molecular weight excluding hydrogens is 200 g/mol. The van der Waals surface area contributed by atoms with Crippen molar-refractivity contribution >= 4 is 17.2 Å². The van der Waals surface area contributed by atoms with Gasteiger partial charge in [0.25, 0.3) is 0 Å². The minimum atomic E-state index is -1.52. The quantitative estimate of drug-likeness (QED) is 0.678. The molecule has 0 aromatic carbocycles. The van der Waals surface area contributed by atoms with E-state index >= 15 is 0 Å². The molecule has 0 aliphatic rings. The highest BCUT2D eigenvalue weighted by Crippen LogP contribution is 2.08. The Hall–Kier alpha value is -2.37. The van der Waals surface area contributed by atoms with E-state index in [4.69, 9.17) is 5.11 Å².